The van der Waals surface area contributed by atoms with E-state index in [-0.39, 0.29) is 5.88 Å². The van der Waals surface area contributed by atoms with Gasteiger partial charge in [-0.3, -0.25) is 4.98 Å². The maximum atomic E-state index is 10.2. The van der Waals surface area contributed by atoms with E-state index in [0.717, 1.165) is 16.5 Å². The highest BCUT2D eigenvalue weighted by molar-refractivity contribution is 6.00. The van der Waals surface area contributed by atoms with E-state index in [0.29, 0.717) is 23.0 Å². The van der Waals surface area contributed by atoms with Crippen molar-refractivity contribution in [3.8, 4) is 5.88 Å². The van der Waals surface area contributed by atoms with Crippen LogP contribution in [0.1, 0.15) is 11.3 Å². The van der Waals surface area contributed by atoms with Gasteiger partial charge in [-0.2, -0.15) is 0 Å². The highest BCUT2D eigenvalue weighted by Crippen LogP contribution is 2.36. The number of aliphatic imine (C=N–C) groups is 1. The van der Waals surface area contributed by atoms with Gasteiger partial charge in [0, 0.05) is 17.8 Å². The van der Waals surface area contributed by atoms with Crippen molar-refractivity contribution >= 4 is 28.2 Å². The summed E-state index contributed by atoms with van der Waals surface area (Å²) in [7, 11) is 0. The van der Waals surface area contributed by atoms with Crippen LogP contribution in [0, 0.1) is 6.92 Å². The van der Waals surface area contributed by atoms with Gasteiger partial charge in [-0.05, 0) is 43.3 Å². The van der Waals surface area contributed by atoms with Gasteiger partial charge < -0.3 is 10.1 Å². The fourth-order valence-corrected chi connectivity index (χ4v) is 2.63. The number of pyridine rings is 2. The average Bonchev–Trinajstić information content (AvgIpc) is 3.01. The number of benzene rings is 1. The predicted molar refractivity (Wildman–Crippen MR) is 104 cm³/mol. The number of azo groups is 1. The van der Waals surface area contributed by atoms with Gasteiger partial charge in [0.1, 0.15) is 5.69 Å². The largest absolute Gasteiger partial charge is 0.493 e. The Labute approximate surface area is 155 Å². The van der Waals surface area contributed by atoms with Crippen LogP contribution in [-0.4, -0.2) is 25.9 Å². The zero-order valence-electron chi connectivity index (χ0n) is 14.5. The number of rotatable bonds is 3. The van der Waals surface area contributed by atoms with E-state index >= 15 is 0 Å². The Morgan fingerprint density at radius 1 is 1.00 bits per heavy atom. The Kier molecular flexibility index (Phi) is 4.40. The molecule has 0 aliphatic heterocycles. The highest BCUT2D eigenvalue weighted by atomic mass is 16.3. The number of amidine groups is 1. The van der Waals surface area contributed by atoms with Crippen molar-refractivity contribution < 1.29 is 5.11 Å². The molecule has 0 bridgehead atoms. The maximum absolute atomic E-state index is 10.2. The van der Waals surface area contributed by atoms with Crippen molar-refractivity contribution in [2.45, 2.75) is 6.92 Å². The van der Waals surface area contributed by atoms with Gasteiger partial charge in [0.15, 0.2) is 11.5 Å². The van der Waals surface area contributed by atoms with Gasteiger partial charge in [0.25, 0.3) is 0 Å². The first kappa shape index (κ1) is 16.6. The summed E-state index contributed by atoms with van der Waals surface area (Å²) < 4.78 is 0. The first-order valence-corrected chi connectivity index (χ1v) is 8.35. The molecule has 3 aromatic heterocycles. The first-order chi connectivity index (χ1) is 13.2. The number of hydrogen-bond donors (Lipinski definition) is 2. The van der Waals surface area contributed by atoms with Gasteiger partial charge in [-0.15, -0.1) is 10.2 Å². The summed E-state index contributed by atoms with van der Waals surface area (Å²) in [5.41, 5.74) is 2.76. The number of aromatic hydroxyl groups is 1. The summed E-state index contributed by atoms with van der Waals surface area (Å²) in [5, 5.41) is 19.5. The van der Waals surface area contributed by atoms with Crippen LogP contribution < -0.4 is 0 Å². The second-order valence-electron chi connectivity index (χ2n) is 5.91. The van der Waals surface area contributed by atoms with Crippen LogP contribution in [0.15, 0.2) is 82.2 Å². The molecular weight excluding hydrogens is 340 g/mol. The van der Waals surface area contributed by atoms with E-state index in [1.165, 1.54) is 0 Å². The van der Waals surface area contributed by atoms with Crippen LogP contribution in [0.3, 0.4) is 0 Å². The minimum absolute atomic E-state index is 0.0439. The third kappa shape index (κ3) is 3.57. The van der Waals surface area contributed by atoms with Gasteiger partial charge in [-0.1, -0.05) is 23.8 Å². The summed E-state index contributed by atoms with van der Waals surface area (Å²) >= 11 is 0. The molecule has 0 amide bonds. The predicted octanol–water partition coefficient (Wildman–Crippen LogP) is 4.83. The molecular formula is C20H16N6O. The Morgan fingerprint density at radius 2 is 1.81 bits per heavy atom. The molecule has 7 nitrogen and oxygen atoms in total. The van der Waals surface area contributed by atoms with E-state index in [1.807, 2.05) is 49.4 Å². The molecule has 0 saturated heterocycles. The lowest BCUT2D eigenvalue weighted by atomic mass is 10.2. The van der Waals surface area contributed by atoms with Crippen molar-refractivity contribution in [3.63, 3.8) is 0 Å². The number of aromatic amines is 1. The topological polar surface area (TPSA) is 98.9 Å². The number of H-pyrrole nitrogens is 1. The van der Waals surface area contributed by atoms with E-state index in [4.69, 9.17) is 0 Å². The van der Waals surface area contributed by atoms with Crippen molar-refractivity contribution in [1.29, 1.82) is 0 Å². The summed E-state index contributed by atoms with van der Waals surface area (Å²) in [6.07, 6.45) is 3.31. The Hall–Kier alpha value is -3.87. The lowest BCUT2D eigenvalue weighted by molar-refractivity contribution is 0.459. The monoisotopic (exact) mass is 356 g/mol. The van der Waals surface area contributed by atoms with E-state index in [9.17, 15) is 5.11 Å². The molecule has 0 aliphatic rings. The summed E-state index contributed by atoms with van der Waals surface area (Å²) in [5.74, 6) is 0.754. The van der Waals surface area contributed by atoms with Gasteiger partial charge in [0.2, 0.25) is 11.7 Å². The lowest BCUT2D eigenvalue weighted by Crippen LogP contribution is -1.99. The molecule has 0 radical (unpaired) electrons. The third-order valence-electron chi connectivity index (χ3n) is 3.92. The Morgan fingerprint density at radius 3 is 2.56 bits per heavy atom. The zero-order chi connectivity index (χ0) is 18.6. The molecule has 0 atom stereocenters. The van der Waals surface area contributed by atoms with Crippen LogP contribution >= 0.6 is 0 Å². The molecule has 3 heterocycles. The minimum atomic E-state index is -0.0439. The molecule has 0 saturated carbocycles. The van der Waals surface area contributed by atoms with Crippen molar-refractivity contribution in [2.24, 2.45) is 15.2 Å². The Bertz CT molecular complexity index is 1130. The SMILES string of the molecule is Cc1ccc2[nH]c(O)c(N=NC(=Nc3ccccn3)c3ccccn3)c2c1. The molecule has 0 spiro atoms. The van der Waals surface area contributed by atoms with Crippen molar-refractivity contribution in [2.75, 3.05) is 0 Å². The molecule has 0 unspecified atom stereocenters. The highest BCUT2D eigenvalue weighted by Gasteiger charge is 2.12. The molecule has 2 N–H and O–H groups in total. The van der Waals surface area contributed by atoms with Crippen LogP contribution in [0.25, 0.3) is 10.9 Å². The van der Waals surface area contributed by atoms with Crippen LogP contribution in [0.2, 0.25) is 0 Å². The van der Waals surface area contributed by atoms with E-state index < -0.39 is 0 Å². The number of nitrogens with zero attached hydrogens (tertiary/aromatic N) is 5. The molecule has 1 aromatic carbocycles. The van der Waals surface area contributed by atoms with Crippen LogP contribution in [0.5, 0.6) is 5.88 Å². The van der Waals surface area contributed by atoms with Crippen LogP contribution in [-0.2, 0) is 0 Å². The molecule has 4 rings (SSSR count). The average molecular weight is 356 g/mol. The summed E-state index contributed by atoms with van der Waals surface area (Å²) in [6, 6.07) is 16.7. The standard InChI is InChI=1S/C20H16N6O/c1-13-8-9-15-14(12-13)18(20(27)23-15)25-26-19(16-6-2-4-10-21-16)24-17-7-3-5-11-22-17/h2-12,23,27H,1H3. The number of hydrogen-bond acceptors (Lipinski definition) is 5. The minimum Gasteiger partial charge on any atom is -0.493 e. The summed E-state index contributed by atoms with van der Waals surface area (Å²) in [6.45, 7) is 1.98. The molecule has 7 heteroatoms. The van der Waals surface area contributed by atoms with Crippen molar-refractivity contribution in [1.82, 2.24) is 15.0 Å². The molecule has 27 heavy (non-hydrogen) atoms. The molecule has 0 fully saturated rings. The molecule has 132 valence electrons. The zero-order valence-corrected chi connectivity index (χ0v) is 14.5. The number of nitrogens with one attached hydrogen (secondary N) is 1. The smallest absolute Gasteiger partial charge is 0.218 e. The quantitative estimate of drug-likeness (QED) is 0.312. The third-order valence-corrected chi connectivity index (χ3v) is 3.92. The lowest BCUT2D eigenvalue weighted by Gasteiger charge is -2.00. The molecule has 0 aliphatic carbocycles. The first-order valence-electron chi connectivity index (χ1n) is 8.35. The van der Waals surface area contributed by atoms with Gasteiger partial charge in [-0.25, -0.2) is 9.98 Å². The van der Waals surface area contributed by atoms with Crippen molar-refractivity contribution in [3.05, 3.63) is 78.2 Å². The number of aromatic nitrogens is 3. The molecule has 4 aromatic rings. The maximum Gasteiger partial charge on any atom is 0.218 e. The van der Waals surface area contributed by atoms with E-state index in [2.05, 4.69) is 30.2 Å². The number of fused-ring (bicyclic) bond motifs is 1. The van der Waals surface area contributed by atoms with E-state index in [1.54, 1.807) is 24.5 Å². The summed E-state index contributed by atoms with van der Waals surface area (Å²) in [4.78, 5) is 15.8. The van der Waals surface area contributed by atoms with Gasteiger partial charge in [0.05, 0.1) is 5.52 Å². The van der Waals surface area contributed by atoms with Crippen LogP contribution in [0.4, 0.5) is 11.5 Å². The second kappa shape index (κ2) is 7.17. The second-order valence-corrected chi connectivity index (χ2v) is 5.91. The fraction of sp³-hybridized carbons (Fsp3) is 0.0500. The Balaban J connectivity index is 1.80. The van der Waals surface area contributed by atoms with Gasteiger partial charge >= 0.3 is 0 Å². The number of aryl methyl sites for hydroxylation is 1. The normalized spacial score (nSPS) is 12.1. The fourth-order valence-electron chi connectivity index (χ4n) is 2.63.